The fourth-order valence-electron chi connectivity index (χ4n) is 3.50. The molecule has 0 aromatic heterocycles. The van der Waals surface area contributed by atoms with E-state index in [0.717, 1.165) is 32.1 Å². The van der Waals surface area contributed by atoms with Gasteiger partial charge in [0.2, 0.25) is 0 Å². The van der Waals surface area contributed by atoms with E-state index in [1.165, 1.54) is 51.4 Å². The molecule has 2 unspecified atom stereocenters. The van der Waals surface area contributed by atoms with Crippen LogP contribution in [0.15, 0.2) is 24.3 Å². The molecule has 1 aromatic carbocycles. The lowest BCUT2D eigenvalue weighted by Crippen LogP contribution is -2.26. The van der Waals surface area contributed by atoms with E-state index in [2.05, 4.69) is 18.6 Å². The Labute approximate surface area is 198 Å². The highest BCUT2D eigenvalue weighted by Gasteiger charge is 2.18. The number of carbonyl (C=O) groups is 1. The Bertz CT molecular complexity index is 621. The van der Waals surface area contributed by atoms with Crippen LogP contribution in [0.4, 0.5) is 5.69 Å². The summed E-state index contributed by atoms with van der Waals surface area (Å²) < 4.78 is 25.9. The number of benzene rings is 1. The first-order valence-corrected chi connectivity index (χ1v) is 13.8. The minimum atomic E-state index is -1.55. The summed E-state index contributed by atoms with van der Waals surface area (Å²) in [5, 5.41) is 0. The van der Waals surface area contributed by atoms with Crippen LogP contribution in [0.1, 0.15) is 111 Å². The molecule has 0 aliphatic heterocycles. The van der Waals surface area contributed by atoms with E-state index in [9.17, 15) is 9.00 Å². The maximum absolute atomic E-state index is 12.4. The molecular weight excluding hydrogens is 422 g/mol. The molecule has 0 aliphatic rings. The molecule has 0 saturated carbocycles. The lowest BCUT2D eigenvalue weighted by atomic mass is 10.0. The van der Waals surface area contributed by atoms with Crippen molar-refractivity contribution < 1.29 is 17.9 Å². The molecule has 0 amide bonds. The SMILES string of the molecule is CCCCCCCCCCCCC(Oc1ccc(NS(=O)OCCCC)cc1)C(=O)CC. The van der Waals surface area contributed by atoms with Crippen LogP contribution in [-0.4, -0.2) is 22.7 Å². The monoisotopic (exact) mass is 467 g/mol. The Morgan fingerprint density at radius 1 is 0.844 bits per heavy atom. The summed E-state index contributed by atoms with van der Waals surface area (Å²) >= 11 is -1.55. The molecule has 0 bridgehead atoms. The lowest BCUT2D eigenvalue weighted by Gasteiger charge is -2.18. The average molecular weight is 468 g/mol. The normalized spacial score (nSPS) is 13.0. The maximum atomic E-state index is 12.4. The van der Waals surface area contributed by atoms with Gasteiger partial charge in [0.15, 0.2) is 11.9 Å². The van der Waals surface area contributed by atoms with Gasteiger partial charge in [-0.15, -0.1) is 0 Å². The summed E-state index contributed by atoms with van der Waals surface area (Å²) in [6.07, 6.45) is 15.5. The van der Waals surface area contributed by atoms with Crippen LogP contribution in [0.5, 0.6) is 5.75 Å². The molecule has 1 N–H and O–H groups in total. The van der Waals surface area contributed by atoms with Crippen LogP contribution < -0.4 is 9.46 Å². The summed E-state index contributed by atoms with van der Waals surface area (Å²) in [5.41, 5.74) is 0.695. The van der Waals surface area contributed by atoms with Gasteiger partial charge in [-0.3, -0.25) is 13.7 Å². The molecule has 6 heteroatoms. The van der Waals surface area contributed by atoms with Crippen molar-refractivity contribution in [2.45, 2.75) is 117 Å². The molecule has 1 rings (SSSR count). The molecule has 0 fully saturated rings. The molecule has 1 aromatic rings. The number of rotatable bonds is 21. The molecule has 32 heavy (non-hydrogen) atoms. The van der Waals surface area contributed by atoms with Crippen LogP contribution in [-0.2, 0) is 20.2 Å². The molecule has 0 saturated heterocycles. The smallest absolute Gasteiger partial charge is 0.261 e. The number of unbranched alkanes of at least 4 members (excludes halogenated alkanes) is 10. The third kappa shape index (κ3) is 13.9. The topological polar surface area (TPSA) is 64.6 Å². The van der Waals surface area contributed by atoms with E-state index < -0.39 is 11.3 Å². The van der Waals surface area contributed by atoms with Crippen LogP contribution >= 0.6 is 0 Å². The summed E-state index contributed by atoms with van der Waals surface area (Å²) in [7, 11) is 0. The first-order valence-electron chi connectivity index (χ1n) is 12.7. The Balaban J connectivity index is 2.33. The van der Waals surface area contributed by atoms with Crippen molar-refractivity contribution in [3.8, 4) is 5.75 Å². The number of ketones is 1. The first-order chi connectivity index (χ1) is 15.6. The predicted octanol–water partition coefficient (Wildman–Crippen LogP) is 7.53. The van der Waals surface area contributed by atoms with Gasteiger partial charge < -0.3 is 4.74 Å². The standard InChI is InChI=1S/C26H45NO4S/c1-4-7-9-10-11-12-13-14-15-16-17-26(25(28)6-3)31-24-20-18-23(19-21-24)27-32(29)30-22-8-5-2/h18-21,26-27H,4-17,22H2,1-3H3. The fourth-order valence-corrected chi connectivity index (χ4v) is 4.16. The fraction of sp³-hybridized carbons (Fsp3) is 0.731. The van der Waals surface area contributed by atoms with Crippen LogP contribution in [0.25, 0.3) is 0 Å². The van der Waals surface area contributed by atoms with Crippen molar-refractivity contribution in [2.75, 3.05) is 11.3 Å². The second-order valence-electron chi connectivity index (χ2n) is 8.43. The lowest BCUT2D eigenvalue weighted by molar-refractivity contribution is -0.125. The zero-order valence-corrected chi connectivity index (χ0v) is 21.4. The van der Waals surface area contributed by atoms with Gasteiger partial charge in [0.25, 0.3) is 11.3 Å². The Morgan fingerprint density at radius 2 is 1.41 bits per heavy atom. The van der Waals surface area contributed by atoms with E-state index in [-0.39, 0.29) is 11.9 Å². The number of Topliss-reactive ketones (excluding diaryl/α,β-unsaturated/α-hetero) is 1. The predicted molar refractivity (Wildman–Crippen MR) is 135 cm³/mol. The van der Waals surface area contributed by atoms with Crippen LogP contribution in [0.2, 0.25) is 0 Å². The third-order valence-corrected chi connectivity index (χ3v) is 6.33. The molecule has 5 nitrogen and oxygen atoms in total. The van der Waals surface area contributed by atoms with Crippen LogP contribution in [0, 0.1) is 0 Å². The number of anilines is 1. The number of hydrogen-bond acceptors (Lipinski definition) is 4. The van der Waals surface area contributed by atoms with Crippen molar-refractivity contribution >= 4 is 22.7 Å². The van der Waals surface area contributed by atoms with E-state index in [1.807, 2.05) is 6.92 Å². The number of hydrogen-bond donors (Lipinski definition) is 1. The van der Waals surface area contributed by atoms with Gasteiger partial charge >= 0.3 is 0 Å². The van der Waals surface area contributed by atoms with E-state index in [4.69, 9.17) is 8.92 Å². The maximum Gasteiger partial charge on any atom is 0.261 e. The van der Waals surface area contributed by atoms with Crippen molar-refractivity contribution in [1.29, 1.82) is 0 Å². The molecular formula is C26H45NO4S. The second-order valence-corrected chi connectivity index (χ2v) is 9.34. The van der Waals surface area contributed by atoms with Crippen molar-refractivity contribution in [3.05, 3.63) is 24.3 Å². The summed E-state index contributed by atoms with van der Waals surface area (Å²) in [6, 6.07) is 7.20. The highest BCUT2D eigenvalue weighted by molar-refractivity contribution is 7.81. The number of ether oxygens (including phenoxy) is 1. The van der Waals surface area contributed by atoms with Gasteiger partial charge in [0, 0.05) is 12.1 Å². The van der Waals surface area contributed by atoms with Crippen molar-refractivity contribution in [2.24, 2.45) is 0 Å². The minimum Gasteiger partial charge on any atom is -0.483 e. The number of nitrogens with one attached hydrogen (secondary N) is 1. The van der Waals surface area contributed by atoms with E-state index >= 15 is 0 Å². The molecule has 0 radical (unpaired) electrons. The average Bonchev–Trinajstić information content (AvgIpc) is 2.80. The Morgan fingerprint density at radius 3 is 1.97 bits per heavy atom. The second kappa shape index (κ2) is 19.1. The molecule has 2 atom stereocenters. The van der Waals surface area contributed by atoms with E-state index in [0.29, 0.717) is 24.5 Å². The number of carbonyl (C=O) groups excluding carboxylic acids is 1. The highest BCUT2D eigenvalue weighted by atomic mass is 32.2. The molecule has 0 spiro atoms. The molecule has 0 heterocycles. The van der Waals surface area contributed by atoms with Crippen LogP contribution in [0.3, 0.4) is 0 Å². The summed E-state index contributed by atoms with van der Waals surface area (Å²) in [5.74, 6) is 0.806. The molecule has 184 valence electrons. The van der Waals surface area contributed by atoms with Gasteiger partial charge in [0.05, 0.1) is 6.61 Å². The zero-order chi connectivity index (χ0) is 23.4. The Hall–Kier alpha value is -1.40. The quantitative estimate of drug-likeness (QED) is 0.190. The molecule has 0 aliphatic carbocycles. The summed E-state index contributed by atoms with van der Waals surface area (Å²) in [6.45, 7) is 6.67. The van der Waals surface area contributed by atoms with Gasteiger partial charge in [0.1, 0.15) is 5.75 Å². The summed E-state index contributed by atoms with van der Waals surface area (Å²) in [4.78, 5) is 12.4. The van der Waals surface area contributed by atoms with Gasteiger partial charge in [-0.1, -0.05) is 85.0 Å². The Kier molecular flexibility index (Phi) is 17.1. The zero-order valence-electron chi connectivity index (χ0n) is 20.5. The first kappa shape index (κ1) is 28.6. The third-order valence-electron chi connectivity index (χ3n) is 5.55. The highest BCUT2D eigenvalue weighted by Crippen LogP contribution is 2.21. The van der Waals surface area contributed by atoms with Gasteiger partial charge in [-0.2, -0.15) is 0 Å². The van der Waals surface area contributed by atoms with E-state index in [1.54, 1.807) is 24.3 Å². The van der Waals surface area contributed by atoms with Gasteiger partial charge in [-0.05, 0) is 43.5 Å². The van der Waals surface area contributed by atoms with Gasteiger partial charge in [-0.25, -0.2) is 4.21 Å². The van der Waals surface area contributed by atoms with Crippen molar-refractivity contribution in [3.63, 3.8) is 0 Å². The largest absolute Gasteiger partial charge is 0.483 e. The van der Waals surface area contributed by atoms with Crippen molar-refractivity contribution in [1.82, 2.24) is 0 Å². The minimum absolute atomic E-state index is 0.147.